The smallest absolute Gasteiger partial charge is 0.194 e. The van der Waals surface area contributed by atoms with E-state index in [0.29, 0.717) is 19.8 Å². The summed E-state index contributed by atoms with van der Waals surface area (Å²) in [5.74, 6) is 1.89. The Kier molecular flexibility index (Phi) is 7.03. The lowest BCUT2D eigenvalue weighted by molar-refractivity contribution is 0.146. The van der Waals surface area contributed by atoms with Gasteiger partial charge in [-0.25, -0.2) is 4.99 Å². The zero-order chi connectivity index (χ0) is 15.6. The van der Waals surface area contributed by atoms with Crippen LogP contribution in [0.15, 0.2) is 29.3 Å². The first-order valence-electron chi connectivity index (χ1n) is 8.07. The van der Waals surface area contributed by atoms with Gasteiger partial charge in [-0.05, 0) is 37.5 Å². The monoisotopic (exact) mass is 305 g/mol. The predicted molar refractivity (Wildman–Crippen MR) is 89.4 cm³/mol. The van der Waals surface area contributed by atoms with Crippen molar-refractivity contribution < 1.29 is 9.47 Å². The molecule has 0 atom stereocenters. The van der Waals surface area contributed by atoms with E-state index in [0.717, 1.165) is 36.9 Å². The maximum atomic E-state index is 5.64. The van der Waals surface area contributed by atoms with Gasteiger partial charge in [-0.3, -0.25) is 0 Å². The zero-order valence-electron chi connectivity index (χ0n) is 13.7. The van der Waals surface area contributed by atoms with Crippen molar-refractivity contribution in [2.75, 3.05) is 40.0 Å². The summed E-state index contributed by atoms with van der Waals surface area (Å²) in [6.45, 7) is 7.05. The Bertz CT molecular complexity index is 471. The molecule has 0 aromatic heterocycles. The summed E-state index contributed by atoms with van der Waals surface area (Å²) >= 11 is 0. The van der Waals surface area contributed by atoms with Gasteiger partial charge in [0, 0.05) is 26.7 Å². The van der Waals surface area contributed by atoms with Crippen LogP contribution in [0.1, 0.15) is 25.3 Å². The standard InChI is InChI=1S/C17H27N3O2/c1-3-18-17(20-9-4-5-10-20)19-14-15-7-6-8-16(13-15)22-12-11-21-2/h6-8,13H,3-5,9-12,14H2,1-2H3,(H,18,19). The third-order valence-electron chi connectivity index (χ3n) is 3.61. The summed E-state index contributed by atoms with van der Waals surface area (Å²) in [5, 5.41) is 3.38. The second-order valence-corrected chi connectivity index (χ2v) is 5.35. The minimum Gasteiger partial charge on any atom is -0.491 e. The predicted octanol–water partition coefficient (Wildman–Crippen LogP) is 2.27. The molecule has 5 heteroatoms. The Morgan fingerprint density at radius 1 is 1.27 bits per heavy atom. The summed E-state index contributed by atoms with van der Waals surface area (Å²) in [5.41, 5.74) is 1.16. The third kappa shape index (κ3) is 5.22. The minimum absolute atomic E-state index is 0.569. The molecule has 1 aliphatic heterocycles. The molecule has 0 spiro atoms. The molecule has 5 nitrogen and oxygen atoms in total. The lowest BCUT2D eigenvalue weighted by atomic mass is 10.2. The number of ether oxygens (including phenoxy) is 2. The lowest BCUT2D eigenvalue weighted by Crippen LogP contribution is -2.39. The van der Waals surface area contributed by atoms with Crippen LogP contribution in [0.4, 0.5) is 0 Å². The van der Waals surface area contributed by atoms with Crippen molar-refractivity contribution >= 4 is 5.96 Å². The molecule has 0 bridgehead atoms. The van der Waals surface area contributed by atoms with Crippen LogP contribution in [0.25, 0.3) is 0 Å². The summed E-state index contributed by atoms with van der Waals surface area (Å²) in [7, 11) is 1.68. The Labute approximate surface area is 133 Å². The molecular formula is C17H27N3O2. The molecule has 1 heterocycles. The van der Waals surface area contributed by atoms with E-state index in [1.54, 1.807) is 7.11 Å². The Hall–Kier alpha value is -1.75. The van der Waals surface area contributed by atoms with Gasteiger partial charge < -0.3 is 19.7 Å². The third-order valence-corrected chi connectivity index (χ3v) is 3.61. The van der Waals surface area contributed by atoms with Crippen molar-refractivity contribution in [3.05, 3.63) is 29.8 Å². The molecule has 1 aromatic carbocycles. The highest BCUT2D eigenvalue weighted by Gasteiger charge is 2.15. The quantitative estimate of drug-likeness (QED) is 0.477. The number of aliphatic imine (C=N–C) groups is 1. The molecule has 0 saturated carbocycles. The van der Waals surface area contributed by atoms with Gasteiger partial charge in [-0.2, -0.15) is 0 Å². The van der Waals surface area contributed by atoms with E-state index in [4.69, 9.17) is 14.5 Å². The average molecular weight is 305 g/mol. The van der Waals surface area contributed by atoms with E-state index in [9.17, 15) is 0 Å². The number of rotatable bonds is 7. The molecule has 122 valence electrons. The van der Waals surface area contributed by atoms with E-state index in [1.807, 2.05) is 18.2 Å². The van der Waals surface area contributed by atoms with Crippen LogP contribution in [0.3, 0.4) is 0 Å². The van der Waals surface area contributed by atoms with Gasteiger partial charge in [0.2, 0.25) is 0 Å². The second-order valence-electron chi connectivity index (χ2n) is 5.35. The SMILES string of the molecule is CCNC(=NCc1cccc(OCCOC)c1)N1CCCC1. The second kappa shape index (κ2) is 9.30. The number of methoxy groups -OCH3 is 1. The van der Waals surface area contributed by atoms with Gasteiger partial charge in [0.25, 0.3) is 0 Å². The Morgan fingerprint density at radius 2 is 2.09 bits per heavy atom. The first-order valence-corrected chi connectivity index (χ1v) is 8.07. The van der Waals surface area contributed by atoms with Crippen LogP contribution >= 0.6 is 0 Å². The maximum absolute atomic E-state index is 5.64. The summed E-state index contributed by atoms with van der Waals surface area (Å²) < 4.78 is 10.6. The maximum Gasteiger partial charge on any atom is 0.194 e. The van der Waals surface area contributed by atoms with Crippen molar-refractivity contribution in [2.24, 2.45) is 4.99 Å². The van der Waals surface area contributed by atoms with Crippen LogP contribution in [0.5, 0.6) is 5.75 Å². The van der Waals surface area contributed by atoms with Crippen molar-refractivity contribution in [1.29, 1.82) is 0 Å². The van der Waals surface area contributed by atoms with Gasteiger partial charge in [0.15, 0.2) is 5.96 Å². The molecule has 1 N–H and O–H groups in total. The average Bonchev–Trinajstić information content (AvgIpc) is 3.06. The molecule has 0 radical (unpaired) electrons. The van der Waals surface area contributed by atoms with Crippen LogP contribution in [0.2, 0.25) is 0 Å². The van der Waals surface area contributed by atoms with Gasteiger partial charge in [-0.1, -0.05) is 12.1 Å². The van der Waals surface area contributed by atoms with Gasteiger partial charge in [-0.15, -0.1) is 0 Å². The van der Waals surface area contributed by atoms with Crippen molar-refractivity contribution in [1.82, 2.24) is 10.2 Å². The van der Waals surface area contributed by atoms with Crippen LogP contribution in [-0.4, -0.2) is 50.8 Å². The van der Waals surface area contributed by atoms with E-state index in [-0.39, 0.29) is 0 Å². The number of likely N-dealkylation sites (tertiary alicyclic amines) is 1. The van der Waals surface area contributed by atoms with Crippen LogP contribution < -0.4 is 10.1 Å². The number of hydrogen-bond acceptors (Lipinski definition) is 3. The summed E-state index contributed by atoms with van der Waals surface area (Å²) in [4.78, 5) is 7.09. The van der Waals surface area contributed by atoms with Crippen LogP contribution in [-0.2, 0) is 11.3 Å². The molecule has 22 heavy (non-hydrogen) atoms. The number of hydrogen-bond donors (Lipinski definition) is 1. The molecule has 0 amide bonds. The molecular weight excluding hydrogens is 278 g/mol. The molecule has 0 aliphatic carbocycles. The first kappa shape index (κ1) is 16.6. The van der Waals surface area contributed by atoms with Gasteiger partial charge >= 0.3 is 0 Å². The fourth-order valence-corrected chi connectivity index (χ4v) is 2.50. The number of nitrogens with one attached hydrogen (secondary N) is 1. The van der Waals surface area contributed by atoms with Gasteiger partial charge in [0.05, 0.1) is 13.2 Å². The summed E-state index contributed by atoms with van der Waals surface area (Å²) in [6.07, 6.45) is 2.51. The molecule has 2 rings (SSSR count). The molecule has 1 fully saturated rings. The van der Waals surface area contributed by atoms with Crippen LogP contribution in [0, 0.1) is 0 Å². The minimum atomic E-state index is 0.569. The zero-order valence-corrected chi connectivity index (χ0v) is 13.7. The van der Waals surface area contributed by atoms with E-state index < -0.39 is 0 Å². The van der Waals surface area contributed by atoms with E-state index in [1.165, 1.54) is 12.8 Å². The van der Waals surface area contributed by atoms with Crippen molar-refractivity contribution in [2.45, 2.75) is 26.3 Å². The molecule has 1 aromatic rings. The van der Waals surface area contributed by atoms with Crippen molar-refractivity contribution in [3.63, 3.8) is 0 Å². The summed E-state index contributed by atoms with van der Waals surface area (Å²) in [6, 6.07) is 8.11. The lowest BCUT2D eigenvalue weighted by Gasteiger charge is -2.20. The highest BCUT2D eigenvalue weighted by molar-refractivity contribution is 5.80. The molecule has 0 unspecified atom stereocenters. The number of guanidine groups is 1. The first-order chi connectivity index (χ1) is 10.8. The number of benzene rings is 1. The highest BCUT2D eigenvalue weighted by Crippen LogP contribution is 2.15. The van der Waals surface area contributed by atoms with Gasteiger partial charge in [0.1, 0.15) is 12.4 Å². The van der Waals surface area contributed by atoms with Crippen molar-refractivity contribution in [3.8, 4) is 5.75 Å². The normalized spacial score (nSPS) is 15.2. The largest absolute Gasteiger partial charge is 0.491 e. The molecule has 1 aliphatic rings. The fourth-order valence-electron chi connectivity index (χ4n) is 2.50. The van der Waals surface area contributed by atoms with E-state index >= 15 is 0 Å². The number of nitrogens with zero attached hydrogens (tertiary/aromatic N) is 2. The fraction of sp³-hybridized carbons (Fsp3) is 0.588. The highest BCUT2D eigenvalue weighted by atomic mass is 16.5. The Balaban J connectivity index is 1.95. The Morgan fingerprint density at radius 3 is 2.82 bits per heavy atom. The molecule has 1 saturated heterocycles. The van der Waals surface area contributed by atoms with E-state index in [2.05, 4.69) is 23.2 Å². The topological polar surface area (TPSA) is 46.1 Å².